The van der Waals surface area contributed by atoms with E-state index in [1.165, 1.54) is 25.7 Å². The number of pyridine rings is 1. The number of nitrogens with one attached hydrogen (secondary N) is 1. The summed E-state index contributed by atoms with van der Waals surface area (Å²) < 4.78 is 0. The van der Waals surface area contributed by atoms with Gasteiger partial charge in [-0.1, -0.05) is 37.8 Å². The molecule has 18 heavy (non-hydrogen) atoms. The number of hydrogen-bond acceptors (Lipinski definition) is 2. The minimum Gasteiger partial charge on any atom is -0.352 e. The zero-order valence-corrected chi connectivity index (χ0v) is 11.4. The Labute approximate surface area is 113 Å². The van der Waals surface area contributed by atoms with Crippen LogP contribution in [0.5, 0.6) is 0 Å². The molecule has 4 heteroatoms. The molecule has 1 saturated carbocycles. The van der Waals surface area contributed by atoms with Crippen molar-refractivity contribution in [3.8, 4) is 0 Å². The molecule has 0 aliphatic heterocycles. The molecule has 0 bridgehead atoms. The molecule has 1 N–H and O–H groups in total. The van der Waals surface area contributed by atoms with Crippen molar-refractivity contribution in [1.29, 1.82) is 0 Å². The zero-order valence-electron chi connectivity index (χ0n) is 10.7. The van der Waals surface area contributed by atoms with Crippen LogP contribution in [0.1, 0.15) is 43.0 Å². The van der Waals surface area contributed by atoms with Gasteiger partial charge in [0.2, 0.25) is 0 Å². The van der Waals surface area contributed by atoms with Crippen molar-refractivity contribution in [2.45, 2.75) is 32.6 Å². The third-order valence-electron chi connectivity index (χ3n) is 3.82. The molecule has 1 amide bonds. The largest absolute Gasteiger partial charge is 0.352 e. The molecule has 1 aliphatic rings. The maximum Gasteiger partial charge on any atom is 0.254 e. The molecule has 1 aromatic heterocycles. The van der Waals surface area contributed by atoms with Crippen molar-refractivity contribution in [3.63, 3.8) is 0 Å². The Morgan fingerprint density at radius 3 is 3.00 bits per heavy atom. The molecule has 0 radical (unpaired) electrons. The van der Waals surface area contributed by atoms with Crippen molar-refractivity contribution < 1.29 is 4.79 Å². The minimum atomic E-state index is -0.120. The van der Waals surface area contributed by atoms with Crippen molar-refractivity contribution in [1.82, 2.24) is 10.3 Å². The lowest BCUT2D eigenvalue weighted by Crippen LogP contribution is -2.33. The van der Waals surface area contributed by atoms with E-state index in [0.29, 0.717) is 17.4 Å². The maximum atomic E-state index is 12.0. The molecule has 3 nitrogen and oxygen atoms in total. The number of carbonyl (C=O) groups is 1. The van der Waals surface area contributed by atoms with Gasteiger partial charge in [0.15, 0.2) is 0 Å². The van der Waals surface area contributed by atoms with Crippen molar-refractivity contribution in [2.24, 2.45) is 11.8 Å². The first kappa shape index (κ1) is 13.3. The lowest BCUT2D eigenvalue weighted by Gasteiger charge is -2.28. The van der Waals surface area contributed by atoms with E-state index in [1.807, 2.05) is 0 Å². The Morgan fingerprint density at radius 1 is 1.50 bits per heavy atom. The van der Waals surface area contributed by atoms with Crippen LogP contribution in [0.3, 0.4) is 0 Å². The van der Waals surface area contributed by atoms with Gasteiger partial charge in [0.25, 0.3) is 5.91 Å². The van der Waals surface area contributed by atoms with Gasteiger partial charge in [-0.05, 0) is 30.4 Å². The summed E-state index contributed by atoms with van der Waals surface area (Å²) in [6.07, 6.45) is 6.66. The number of nitrogens with zero attached hydrogens (tertiary/aromatic N) is 1. The van der Waals surface area contributed by atoms with E-state index in [-0.39, 0.29) is 11.1 Å². The average molecular weight is 267 g/mol. The lowest BCUT2D eigenvalue weighted by molar-refractivity contribution is 0.0936. The Hall–Kier alpha value is -1.09. The molecule has 1 aromatic rings. The van der Waals surface area contributed by atoms with Crippen LogP contribution in [0.2, 0.25) is 5.15 Å². The van der Waals surface area contributed by atoms with Gasteiger partial charge in [-0.2, -0.15) is 0 Å². The summed E-state index contributed by atoms with van der Waals surface area (Å²) in [5.74, 6) is 1.17. The van der Waals surface area contributed by atoms with Crippen molar-refractivity contribution in [2.75, 3.05) is 6.54 Å². The van der Waals surface area contributed by atoms with E-state index < -0.39 is 0 Å². The lowest BCUT2D eigenvalue weighted by atomic mass is 9.80. The number of halogens is 1. The van der Waals surface area contributed by atoms with Gasteiger partial charge < -0.3 is 5.32 Å². The molecule has 1 heterocycles. The van der Waals surface area contributed by atoms with Gasteiger partial charge >= 0.3 is 0 Å². The molecule has 0 spiro atoms. The molecule has 2 unspecified atom stereocenters. The summed E-state index contributed by atoms with van der Waals surface area (Å²) in [4.78, 5) is 15.9. The second kappa shape index (κ2) is 6.19. The van der Waals surface area contributed by atoms with Crippen LogP contribution >= 0.6 is 11.6 Å². The molecule has 1 fully saturated rings. The second-order valence-corrected chi connectivity index (χ2v) is 5.43. The highest BCUT2D eigenvalue weighted by atomic mass is 35.5. The molecule has 2 atom stereocenters. The molecular weight excluding hydrogens is 248 g/mol. The first-order chi connectivity index (χ1) is 8.68. The topological polar surface area (TPSA) is 42.0 Å². The Morgan fingerprint density at radius 2 is 2.28 bits per heavy atom. The van der Waals surface area contributed by atoms with Crippen LogP contribution in [0, 0.1) is 11.8 Å². The standard InChI is InChI=1S/C14H19ClN2O/c1-10-5-2-3-6-11(10)9-17-14(18)12-7-4-8-16-13(12)15/h4,7-8,10-11H,2-3,5-6,9H2,1H3,(H,17,18). The molecule has 0 aromatic carbocycles. The van der Waals surface area contributed by atoms with Gasteiger partial charge in [0.05, 0.1) is 5.56 Å². The predicted octanol–water partition coefficient (Wildman–Crippen LogP) is 3.29. The van der Waals surface area contributed by atoms with Crippen molar-refractivity contribution >= 4 is 17.5 Å². The van der Waals surface area contributed by atoms with E-state index in [9.17, 15) is 4.79 Å². The summed E-state index contributed by atoms with van der Waals surface area (Å²) in [5.41, 5.74) is 0.461. The van der Waals surface area contributed by atoms with Crippen LogP contribution < -0.4 is 5.32 Å². The first-order valence-electron chi connectivity index (χ1n) is 6.57. The van der Waals surface area contributed by atoms with E-state index in [2.05, 4.69) is 17.2 Å². The van der Waals surface area contributed by atoms with Crippen LogP contribution in [0.15, 0.2) is 18.3 Å². The van der Waals surface area contributed by atoms with Gasteiger partial charge in [0.1, 0.15) is 5.15 Å². The monoisotopic (exact) mass is 266 g/mol. The molecule has 1 aliphatic carbocycles. The SMILES string of the molecule is CC1CCCCC1CNC(=O)c1cccnc1Cl. The number of carbonyl (C=O) groups excluding carboxylic acids is 1. The maximum absolute atomic E-state index is 12.0. The van der Waals surface area contributed by atoms with E-state index in [1.54, 1.807) is 18.3 Å². The Balaban J connectivity index is 1.90. The minimum absolute atomic E-state index is 0.120. The van der Waals surface area contributed by atoms with Crippen LogP contribution in [-0.4, -0.2) is 17.4 Å². The predicted molar refractivity (Wildman–Crippen MR) is 72.7 cm³/mol. The summed E-state index contributed by atoms with van der Waals surface area (Å²) in [6.45, 7) is 3.01. The highest BCUT2D eigenvalue weighted by Gasteiger charge is 2.22. The van der Waals surface area contributed by atoms with Crippen molar-refractivity contribution in [3.05, 3.63) is 29.0 Å². The first-order valence-corrected chi connectivity index (χ1v) is 6.95. The van der Waals surface area contributed by atoms with E-state index in [0.717, 1.165) is 6.54 Å². The molecule has 98 valence electrons. The Kier molecular flexibility index (Phi) is 4.59. The number of amides is 1. The summed E-state index contributed by atoms with van der Waals surface area (Å²) in [5, 5.41) is 3.25. The third-order valence-corrected chi connectivity index (χ3v) is 4.12. The highest BCUT2D eigenvalue weighted by Crippen LogP contribution is 2.28. The van der Waals surface area contributed by atoms with E-state index >= 15 is 0 Å². The van der Waals surface area contributed by atoms with Crippen LogP contribution in [-0.2, 0) is 0 Å². The highest BCUT2D eigenvalue weighted by molar-refractivity contribution is 6.32. The van der Waals surface area contributed by atoms with Gasteiger partial charge in [-0.15, -0.1) is 0 Å². The quantitative estimate of drug-likeness (QED) is 0.853. The molecule has 0 saturated heterocycles. The normalized spacial score (nSPS) is 23.7. The smallest absolute Gasteiger partial charge is 0.254 e. The number of aromatic nitrogens is 1. The fourth-order valence-corrected chi connectivity index (χ4v) is 2.78. The van der Waals surface area contributed by atoms with Gasteiger partial charge in [0, 0.05) is 12.7 Å². The zero-order chi connectivity index (χ0) is 13.0. The third kappa shape index (κ3) is 3.22. The molecular formula is C14H19ClN2O. The summed E-state index contributed by atoms with van der Waals surface area (Å²) in [6, 6.07) is 3.43. The summed E-state index contributed by atoms with van der Waals surface area (Å²) >= 11 is 5.90. The van der Waals surface area contributed by atoms with Crippen LogP contribution in [0.4, 0.5) is 0 Å². The average Bonchev–Trinajstić information content (AvgIpc) is 2.38. The van der Waals surface area contributed by atoms with E-state index in [4.69, 9.17) is 11.6 Å². The second-order valence-electron chi connectivity index (χ2n) is 5.07. The number of rotatable bonds is 3. The fraction of sp³-hybridized carbons (Fsp3) is 0.571. The van der Waals surface area contributed by atoms with Gasteiger partial charge in [-0.3, -0.25) is 4.79 Å². The van der Waals surface area contributed by atoms with Crippen LogP contribution in [0.25, 0.3) is 0 Å². The summed E-state index contributed by atoms with van der Waals surface area (Å²) in [7, 11) is 0. The Bertz CT molecular complexity index is 422. The molecule has 2 rings (SSSR count). The number of hydrogen-bond donors (Lipinski definition) is 1. The fourth-order valence-electron chi connectivity index (χ4n) is 2.57. The van der Waals surface area contributed by atoms with Gasteiger partial charge in [-0.25, -0.2) is 4.98 Å².